The Balaban J connectivity index is 0.00000120. The molecule has 1 aromatic heterocycles. The molecule has 1 aliphatic rings. The molecule has 1 aliphatic heterocycles. The standard InChI is InChI=1S/C14H16FNO.ClH/c1-9-8-16-4-2-12(9)13-7-11(15)6-10-3-5-17-14(10)13;/h3,5-7,9,12,16H,2,4,8H2,1H3;1H/t9-,12-;/m0./s1. The average molecular weight is 270 g/mol. The van der Waals surface area contributed by atoms with Gasteiger partial charge in [-0.15, -0.1) is 12.4 Å². The number of hydrogen-bond acceptors (Lipinski definition) is 2. The van der Waals surface area contributed by atoms with Gasteiger partial charge in [0, 0.05) is 10.9 Å². The quantitative estimate of drug-likeness (QED) is 0.854. The Bertz CT molecular complexity index is 540. The van der Waals surface area contributed by atoms with Gasteiger partial charge in [-0.05, 0) is 49.5 Å². The number of nitrogens with one attached hydrogen (secondary N) is 1. The van der Waals surface area contributed by atoms with E-state index in [2.05, 4.69) is 12.2 Å². The van der Waals surface area contributed by atoms with Crippen LogP contribution in [0.15, 0.2) is 28.9 Å². The minimum atomic E-state index is -0.167. The molecule has 3 rings (SSSR count). The molecule has 1 fully saturated rings. The topological polar surface area (TPSA) is 25.2 Å². The molecule has 0 saturated carbocycles. The SMILES string of the molecule is C[C@H]1CNCC[C@@H]1c1cc(F)cc2ccoc12.Cl. The number of piperidine rings is 1. The zero-order valence-electron chi connectivity index (χ0n) is 10.3. The molecule has 1 N–H and O–H groups in total. The van der Waals surface area contributed by atoms with Crippen molar-refractivity contribution in [2.45, 2.75) is 19.3 Å². The highest BCUT2D eigenvalue weighted by Gasteiger charge is 2.25. The van der Waals surface area contributed by atoms with Crippen molar-refractivity contribution in [2.75, 3.05) is 13.1 Å². The zero-order chi connectivity index (χ0) is 11.8. The molecule has 0 bridgehead atoms. The predicted molar refractivity (Wildman–Crippen MR) is 72.8 cm³/mol. The van der Waals surface area contributed by atoms with Gasteiger partial charge in [-0.3, -0.25) is 0 Å². The van der Waals surface area contributed by atoms with Crippen molar-refractivity contribution in [3.05, 3.63) is 35.8 Å². The van der Waals surface area contributed by atoms with E-state index in [0.717, 1.165) is 36.0 Å². The van der Waals surface area contributed by atoms with E-state index in [1.54, 1.807) is 12.3 Å². The van der Waals surface area contributed by atoms with Gasteiger partial charge in [0.2, 0.25) is 0 Å². The van der Waals surface area contributed by atoms with Gasteiger partial charge in [0.05, 0.1) is 6.26 Å². The normalized spacial score (nSPS) is 23.9. The van der Waals surface area contributed by atoms with Crippen LogP contribution in [0.3, 0.4) is 0 Å². The second-order valence-electron chi connectivity index (χ2n) is 4.91. The second kappa shape index (κ2) is 5.29. The minimum absolute atomic E-state index is 0. The highest BCUT2D eigenvalue weighted by molar-refractivity contribution is 5.85. The Labute approximate surface area is 112 Å². The largest absolute Gasteiger partial charge is 0.464 e. The molecule has 2 aromatic rings. The van der Waals surface area contributed by atoms with E-state index in [-0.39, 0.29) is 18.2 Å². The fraction of sp³-hybridized carbons (Fsp3) is 0.429. The highest BCUT2D eigenvalue weighted by Crippen LogP contribution is 2.35. The second-order valence-corrected chi connectivity index (χ2v) is 4.91. The van der Waals surface area contributed by atoms with Crippen LogP contribution in [0, 0.1) is 11.7 Å². The molecular formula is C14H17ClFNO. The van der Waals surface area contributed by atoms with Crippen molar-refractivity contribution in [3.63, 3.8) is 0 Å². The highest BCUT2D eigenvalue weighted by atomic mass is 35.5. The van der Waals surface area contributed by atoms with Crippen molar-refractivity contribution in [3.8, 4) is 0 Å². The number of rotatable bonds is 1. The first-order valence-corrected chi connectivity index (χ1v) is 6.13. The van der Waals surface area contributed by atoms with Gasteiger partial charge >= 0.3 is 0 Å². The Morgan fingerprint density at radius 3 is 3.00 bits per heavy atom. The van der Waals surface area contributed by atoms with E-state index in [9.17, 15) is 4.39 Å². The molecule has 0 amide bonds. The molecule has 2 heterocycles. The molecule has 4 heteroatoms. The average Bonchev–Trinajstić information content (AvgIpc) is 2.76. The van der Waals surface area contributed by atoms with Crippen LogP contribution < -0.4 is 5.32 Å². The van der Waals surface area contributed by atoms with E-state index in [1.165, 1.54) is 6.07 Å². The van der Waals surface area contributed by atoms with Gasteiger partial charge in [0.25, 0.3) is 0 Å². The van der Waals surface area contributed by atoms with Crippen LogP contribution in [-0.4, -0.2) is 13.1 Å². The Morgan fingerprint density at radius 2 is 2.22 bits per heavy atom. The molecule has 2 nitrogen and oxygen atoms in total. The van der Waals surface area contributed by atoms with Crippen LogP contribution >= 0.6 is 12.4 Å². The molecule has 1 aromatic carbocycles. The van der Waals surface area contributed by atoms with E-state index >= 15 is 0 Å². The fourth-order valence-electron chi connectivity index (χ4n) is 2.82. The number of benzene rings is 1. The molecular weight excluding hydrogens is 253 g/mol. The Hall–Kier alpha value is -1.06. The lowest BCUT2D eigenvalue weighted by molar-refractivity contribution is 0.348. The molecule has 0 aliphatic carbocycles. The first-order chi connectivity index (χ1) is 8.25. The van der Waals surface area contributed by atoms with Crippen molar-refractivity contribution in [1.82, 2.24) is 5.32 Å². The monoisotopic (exact) mass is 269 g/mol. The molecule has 1 saturated heterocycles. The van der Waals surface area contributed by atoms with Gasteiger partial charge in [-0.25, -0.2) is 4.39 Å². The van der Waals surface area contributed by atoms with E-state index in [0.29, 0.717) is 11.8 Å². The first kappa shape index (κ1) is 13.4. The summed E-state index contributed by atoms with van der Waals surface area (Å²) >= 11 is 0. The first-order valence-electron chi connectivity index (χ1n) is 6.13. The van der Waals surface area contributed by atoms with Crippen LogP contribution in [0.5, 0.6) is 0 Å². The number of halogens is 2. The van der Waals surface area contributed by atoms with Crippen molar-refractivity contribution in [2.24, 2.45) is 5.92 Å². The molecule has 2 atom stereocenters. The maximum atomic E-state index is 13.6. The van der Waals surface area contributed by atoms with Crippen LogP contribution in [0.1, 0.15) is 24.8 Å². The molecule has 98 valence electrons. The summed E-state index contributed by atoms with van der Waals surface area (Å²) in [5, 5.41) is 4.23. The Morgan fingerprint density at radius 1 is 1.39 bits per heavy atom. The lowest BCUT2D eigenvalue weighted by Crippen LogP contribution is -2.33. The summed E-state index contributed by atoms with van der Waals surface area (Å²) in [6, 6.07) is 5.00. The molecule has 0 spiro atoms. The lowest BCUT2D eigenvalue weighted by Gasteiger charge is -2.29. The smallest absolute Gasteiger partial charge is 0.137 e. The van der Waals surface area contributed by atoms with Gasteiger partial charge in [0.15, 0.2) is 0 Å². The maximum Gasteiger partial charge on any atom is 0.137 e. The summed E-state index contributed by atoms with van der Waals surface area (Å²) < 4.78 is 19.1. The Kier molecular flexibility index (Phi) is 3.93. The summed E-state index contributed by atoms with van der Waals surface area (Å²) in [7, 11) is 0. The molecule has 18 heavy (non-hydrogen) atoms. The molecule has 0 radical (unpaired) electrons. The van der Waals surface area contributed by atoms with Crippen LogP contribution in [0.25, 0.3) is 11.0 Å². The third kappa shape index (κ3) is 2.25. The maximum absolute atomic E-state index is 13.6. The van der Waals surface area contributed by atoms with E-state index in [1.807, 2.05) is 6.07 Å². The third-order valence-electron chi connectivity index (χ3n) is 3.73. The van der Waals surface area contributed by atoms with E-state index < -0.39 is 0 Å². The summed E-state index contributed by atoms with van der Waals surface area (Å²) in [4.78, 5) is 0. The number of hydrogen-bond donors (Lipinski definition) is 1. The number of fused-ring (bicyclic) bond motifs is 1. The molecule has 0 unspecified atom stereocenters. The van der Waals surface area contributed by atoms with Crippen molar-refractivity contribution in [1.29, 1.82) is 0 Å². The van der Waals surface area contributed by atoms with Gasteiger partial charge in [-0.2, -0.15) is 0 Å². The van der Waals surface area contributed by atoms with Crippen LogP contribution in [-0.2, 0) is 0 Å². The van der Waals surface area contributed by atoms with Gasteiger partial charge in [-0.1, -0.05) is 6.92 Å². The minimum Gasteiger partial charge on any atom is -0.464 e. The summed E-state index contributed by atoms with van der Waals surface area (Å²) in [5.74, 6) is 0.735. The van der Waals surface area contributed by atoms with Gasteiger partial charge < -0.3 is 9.73 Å². The summed E-state index contributed by atoms with van der Waals surface area (Å²) in [6.45, 7) is 4.19. The fourth-order valence-corrected chi connectivity index (χ4v) is 2.82. The third-order valence-corrected chi connectivity index (χ3v) is 3.73. The van der Waals surface area contributed by atoms with Crippen molar-refractivity contribution < 1.29 is 8.81 Å². The lowest BCUT2D eigenvalue weighted by atomic mass is 9.82. The van der Waals surface area contributed by atoms with Crippen LogP contribution in [0.4, 0.5) is 4.39 Å². The summed E-state index contributed by atoms with van der Waals surface area (Å²) in [5.41, 5.74) is 1.88. The van der Waals surface area contributed by atoms with E-state index in [4.69, 9.17) is 4.42 Å². The van der Waals surface area contributed by atoms with Crippen molar-refractivity contribution >= 4 is 23.4 Å². The predicted octanol–water partition coefficient (Wildman–Crippen LogP) is 3.71. The van der Waals surface area contributed by atoms with Crippen LogP contribution in [0.2, 0.25) is 0 Å². The van der Waals surface area contributed by atoms with Gasteiger partial charge in [0.1, 0.15) is 11.4 Å². The zero-order valence-corrected chi connectivity index (χ0v) is 11.1. The number of furan rings is 1. The summed E-state index contributed by atoms with van der Waals surface area (Å²) in [6.07, 6.45) is 2.68.